The van der Waals surface area contributed by atoms with Crippen molar-refractivity contribution in [2.45, 2.75) is 31.4 Å². The zero-order valence-corrected chi connectivity index (χ0v) is 12.2. The average Bonchev–Trinajstić information content (AvgIpc) is 2.86. The Kier molecular flexibility index (Phi) is 5.71. The minimum absolute atomic E-state index is 0.00269. The summed E-state index contributed by atoms with van der Waals surface area (Å²) in [5.41, 5.74) is 0. The van der Waals surface area contributed by atoms with Gasteiger partial charge in [-0.05, 0) is 32.5 Å². The van der Waals surface area contributed by atoms with Crippen LogP contribution in [0.25, 0.3) is 0 Å². The van der Waals surface area contributed by atoms with Crippen molar-refractivity contribution >= 4 is 16.3 Å². The first-order valence-electron chi connectivity index (χ1n) is 6.15. The van der Waals surface area contributed by atoms with Gasteiger partial charge in [-0.15, -0.1) is 0 Å². The van der Waals surface area contributed by atoms with Gasteiger partial charge < -0.3 is 9.32 Å². The van der Waals surface area contributed by atoms with Crippen LogP contribution in [0.3, 0.4) is 0 Å². The first-order valence-corrected chi connectivity index (χ1v) is 7.64. The predicted molar refractivity (Wildman–Crippen MR) is 71.7 cm³/mol. The van der Waals surface area contributed by atoms with Crippen molar-refractivity contribution in [1.29, 1.82) is 0 Å². The molecule has 1 rings (SSSR count). The monoisotopic (exact) mass is 288 g/mol. The van der Waals surface area contributed by atoms with Crippen molar-refractivity contribution in [2.75, 3.05) is 20.1 Å². The molecule has 0 aliphatic carbocycles. The molecule has 0 saturated carbocycles. The summed E-state index contributed by atoms with van der Waals surface area (Å²) < 4.78 is 31.0. The Morgan fingerprint density at radius 1 is 1.47 bits per heavy atom. The Labute approximate surface area is 113 Å². The molecule has 0 aliphatic heterocycles. The second kappa shape index (κ2) is 6.83. The lowest BCUT2D eigenvalue weighted by atomic mass is 10.2. The lowest BCUT2D eigenvalue weighted by molar-refractivity contribution is 0.109. The SMILES string of the molecule is CCC(C)N(C)CCNS(=O)(=O)c1ccc(C=O)o1. The van der Waals surface area contributed by atoms with Crippen LogP contribution < -0.4 is 4.72 Å². The van der Waals surface area contributed by atoms with Gasteiger partial charge in [-0.3, -0.25) is 4.79 Å². The molecule has 1 aromatic heterocycles. The van der Waals surface area contributed by atoms with Crippen molar-refractivity contribution in [3.63, 3.8) is 0 Å². The van der Waals surface area contributed by atoms with E-state index < -0.39 is 10.0 Å². The number of furan rings is 1. The first-order chi connectivity index (χ1) is 8.90. The number of hydrogen-bond acceptors (Lipinski definition) is 5. The number of nitrogens with one attached hydrogen (secondary N) is 1. The average molecular weight is 288 g/mol. The third kappa shape index (κ3) is 4.45. The Hall–Kier alpha value is -1.18. The summed E-state index contributed by atoms with van der Waals surface area (Å²) in [5, 5.41) is -0.235. The zero-order valence-electron chi connectivity index (χ0n) is 11.4. The highest BCUT2D eigenvalue weighted by molar-refractivity contribution is 7.89. The molecule has 6 nitrogen and oxygen atoms in total. The van der Waals surface area contributed by atoms with E-state index in [1.807, 2.05) is 7.05 Å². The Morgan fingerprint density at radius 3 is 2.68 bits per heavy atom. The van der Waals surface area contributed by atoms with Crippen molar-refractivity contribution in [3.05, 3.63) is 17.9 Å². The fourth-order valence-electron chi connectivity index (χ4n) is 1.50. The highest BCUT2D eigenvalue weighted by Crippen LogP contribution is 2.12. The number of nitrogens with zero attached hydrogens (tertiary/aromatic N) is 1. The number of hydrogen-bond donors (Lipinski definition) is 1. The van der Waals surface area contributed by atoms with Gasteiger partial charge >= 0.3 is 0 Å². The number of aldehydes is 1. The largest absolute Gasteiger partial charge is 0.440 e. The quantitative estimate of drug-likeness (QED) is 0.725. The molecule has 0 bridgehead atoms. The molecule has 1 atom stereocenters. The molecule has 0 amide bonds. The van der Waals surface area contributed by atoms with Gasteiger partial charge in [-0.1, -0.05) is 6.92 Å². The van der Waals surface area contributed by atoms with Crippen LogP contribution in [-0.4, -0.2) is 45.8 Å². The van der Waals surface area contributed by atoms with Crippen molar-refractivity contribution in [2.24, 2.45) is 0 Å². The summed E-state index contributed by atoms with van der Waals surface area (Å²) in [7, 11) is -1.74. The summed E-state index contributed by atoms with van der Waals surface area (Å²) in [6.45, 7) is 5.06. The van der Waals surface area contributed by atoms with Crippen LogP contribution in [0.5, 0.6) is 0 Å². The van der Waals surface area contributed by atoms with Gasteiger partial charge in [0.1, 0.15) is 0 Å². The van der Waals surface area contributed by atoms with Gasteiger partial charge in [-0.25, -0.2) is 13.1 Å². The predicted octanol–water partition coefficient (Wildman–Crippen LogP) is 1.10. The zero-order chi connectivity index (χ0) is 14.5. The van der Waals surface area contributed by atoms with Gasteiger partial charge in [0.2, 0.25) is 5.09 Å². The molecule has 1 heterocycles. The van der Waals surface area contributed by atoms with Gasteiger partial charge in [0.25, 0.3) is 10.0 Å². The van der Waals surface area contributed by atoms with Crippen LogP contribution in [0.2, 0.25) is 0 Å². The van der Waals surface area contributed by atoms with E-state index in [4.69, 9.17) is 4.42 Å². The lowest BCUT2D eigenvalue weighted by Gasteiger charge is -2.23. The summed E-state index contributed by atoms with van der Waals surface area (Å²) in [4.78, 5) is 12.5. The highest BCUT2D eigenvalue weighted by Gasteiger charge is 2.18. The Bertz CT molecular complexity index is 510. The third-order valence-electron chi connectivity index (χ3n) is 3.08. The number of sulfonamides is 1. The molecule has 108 valence electrons. The molecule has 1 unspecified atom stereocenters. The van der Waals surface area contributed by atoms with Gasteiger partial charge in [0.05, 0.1) is 0 Å². The second-order valence-electron chi connectivity index (χ2n) is 4.41. The molecule has 0 radical (unpaired) electrons. The fraction of sp³-hybridized carbons (Fsp3) is 0.583. The van der Waals surface area contributed by atoms with Crippen LogP contribution >= 0.6 is 0 Å². The Balaban J connectivity index is 2.54. The summed E-state index contributed by atoms with van der Waals surface area (Å²) >= 11 is 0. The molecule has 0 saturated heterocycles. The minimum atomic E-state index is -3.68. The summed E-state index contributed by atoms with van der Waals surface area (Å²) in [6, 6.07) is 2.99. The molecule has 0 spiro atoms. The van der Waals surface area contributed by atoms with E-state index in [0.29, 0.717) is 25.4 Å². The maximum atomic E-state index is 11.8. The summed E-state index contributed by atoms with van der Waals surface area (Å²) in [6.07, 6.45) is 1.47. The molecule has 0 aromatic carbocycles. The van der Waals surface area contributed by atoms with Crippen LogP contribution in [0.1, 0.15) is 30.8 Å². The molecule has 0 fully saturated rings. The van der Waals surface area contributed by atoms with E-state index in [2.05, 4.69) is 23.5 Å². The number of carbonyl (C=O) groups is 1. The standard InChI is InChI=1S/C12H20N2O4S/c1-4-10(2)14(3)8-7-13-19(16,17)12-6-5-11(9-15)18-12/h5-6,9-10,13H,4,7-8H2,1-3H3. The number of rotatable bonds is 8. The number of likely N-dealkylation sites (N-methyl/N-ethyl adjacent to an activating group) is 1. The Morgan fingerprint density at radius 2 is 2.16 bits per heavy atom. The van der Waals surface area contributed by atoms with E-state index in [-0.39, 0.29) is 10.9 Å². The number of carbonyl (C=O) groups excluding carboxylic acids is 1. The molecule has 7 heteroatoms. The molecule has 0 aliphatic rings. The molecular weight excluding hydrogens is 268 g/mol. The lowest BCUT2D eigenvalue weighted by Crippen LogP contribution is -2.36. The van der Waals surface area contributed by atoms with E-state index >= 15 is 0 Å². The molecule has 1 N–H and O–H groups in total. The smallest absolute Gasteiger partial charge is 0.274 e. The van der Waals surface area contributed by atoms with Crippen molar-refractivity contribution in [3.8, 4) is 0 Å². The van der Waals surface area contributed by atoms with E-state index in [9.17, 15) is 13.2 Å². The minimum Gasteiger partial charge on any atom is -0.440 e. The highest BCUT2D eigenvalue weighted by atomic mass is 32.2. The second-order valence-corrected chi connectivity index (χ2v) is 6.11. The molecular formula is C12H20N2O4S. The maximum Gasteiger partial charge on any atom is 0.274 e. The topological polar surface area (TPSA) is 79.6 Å². The van der Waals surface area contributed by atoms with Gasteiger partial charge in [0, 0.05) is 19.1 Å². The van der Waals surface area contributed by atoms with Crippen LogP contribution in [0.4, 0.5) is 0 Å². The maximum absolute atomic E-state index is 11.8. The normalized spacial score (nSPS) is 13.7. The van der Waals surface area contributed by atoms with Gasteiger partial charge in [-0.2, -0.15) is 0 Å². The molecule has 19 heavy (non-hydrogen) atoms. The summed E-state index contributed by atoms with van der Waals surface area (Å²) in [5.74, 6) is -0.00269. The van der Waals surface area contributed by atoms with Crippen molar-refractivity contribution < 1.29 is 17.6 Å². The van der Waals surface area contributed by atoms with E-state index in [1.54, 1.807) is 0 Å². The molecule has 1 aromatic rings. The van der Waals surface area contributed by atoms with E-state index in [1.165, 1.54) is 12.1 Å². The van der Waals surface area contributed by atoms with E-state index in [0.717, 1.165) is 6.42 Å². The van der Waals surface area contributed by atoms with Crippen molar-refractivity contribution in [1.82, 2.24) is 9.62 Å². The van der Waals surface area contributed by atoms with Crippen LogP contribution in [0, 0.1) is 0 Å². The van der Waals surface area contributed by atoms with Gasteiger partial charge in [0.15, 0.2) is 12.0 Å². The van der Waals surface area contributed by atoms with Crippen LogP contribution in [-0.2, 0) is 10.0 Å². The third-order valence-corrected chi connectivity index (χ3v) is 4.42. The van der Waals surface area contributed by atoms with Crippen LogP contribution in [0.15, 0.2) is 21.6 Å². The fourth-order valence-corrected chi connectivity index (χ4v) is 2.46. The first kappa shape index (κ1) is 15.9.